The molecule has 1 aliphatic rings. The van der Waals surface area contributed by atoms with E-state index in [0.29, 0.717) is 0 Å². The molecule has 134 valence electrons. The molecule has 0 fully saturated rings. The number of hydrogen-bond acceptors (Lipinski definition) is 2. The zero-order chi connectivity index (χ0) is 18.9. The molecular formula is C23H25O2P. The number of aliphatic hydroxyl groups excluding tert-OH is 1. The summed E-state index contributed by atoms with van der Waals surface area (Å²) in [6.45, 7) is 8.10. The van der Waals surface area contributed by atoms with Gasteiger partial charge in [0.15, 0.2) is 0 Å². The Kier molecular flexibility index (Phi) is 4.82. The maximum absolute atomic E-state index is 9.78. The highest BCUT2D eigenvalue weighted by molar-refractivity contribution is 7.20. The molecule has 2 aromatic carbocycles. The lowest BCUT2D eigenvalue weighted by atomic mass is 9.68. The van der Waals surface area contributed by atoms with E-state index in [1.54, 1.807) is 18.2 Å². The van der Waals surface area contributed by atoms with E-state index in [9.17, 15) is 10.2 Å². The van der Waals surface area contributed by atoms with Crippen LogP contribution in [0.2, 0.25) is 0 Å². The molecule has 0 saturated carbocycles. The van der Waals surface area contributed by atoms with Crippen molar-refractivity contribution in [3.63, 3.8) is 0 Å². The van der Waals surface area contributed by atoms with Crippen molar-refractivity contribution in [2.24, 2.45) is 0 Å². The molecule has 2 atom stereocenters. The predicted octanol–water partition coefficient (Wildman–Crippen LogP) is 5.75. The lowest BCUT2D eigenvalue weighted by Gasteiger charge is -2.34. The van der Waals surface area contributed by atoms with Gasteiger partial charge in [-0.3, -0.25) is 0 Å². The van der Waals surface area contributed by atoms with Crippen molar-refractivity contribution >= 4 is 9.24 Å². The van der Waals surface area contributed by atoms with Crippen LogP contribution in [0.15, 0.2) is 84.4 Å². The second-order valence-corrected chi connectivity index (χ2v) is 7.84. The molecule has 0 radical (unpaired) electrons. The van der Waals surface area contributed by atoms with E-state index < -0.39 is 0 Å². The van der Waals surface area contributed by atoms with Crippen LogP contribution in [0, 0.1) is 0 Å². The monoisotopic (exact) mass is 364 g/mol. The molecule has 0 bridgehead atoms. The maximum Gasteiger partial charge on any atom is 0.115 e. The Morgan fingerprint density at radius 3 is 2.23 bits per heavy atom. The number of benzene rings is 2. The van der Waals surface area contributed by atoms with Gasteiger partial charge >= 0.3 is 0 Å². The zero-order valence-corrected chi connectivity index (χ0v) is 16.4. The van der Waals surface area contributed by atoms with Gasteiger partial charge in [-0.05, 0) is 52.3 Å². The van der Waals surface area contributed by atoms with Gasteiger partial charge in [0.2, 0.25) is 0 Å². The molecule has 3 rings (SSSR count). The number of hydrogen-bond donors (Lipinski definition) is 2. The predicted molar refractivity (Wildman–Crippen MR) is 112 cm³/mol. The number of aliphatic hydroxyl groups is 1. The quantitative estimate of drug-likeness (QED) is 0.412. The summed E-state index contributed by atoms with van der Waals surface area (Å²) in [6.07, 6.45) is 4.46. The lowest BCUT2D eigenvalue weighted by molar-refractivity contribution is 0.433. The molecule has 0 aromatic heterocycles. The molecule has 1 aliphatic carbocycles. The third-order valence-corrected chi connectivity index (χ3v) is 5.67. The Bertz CT molecular complexity index is 891. The van der Waals surface area contributed by atoms with E-state index in [0.717, 1.165) is 17.6 Å². The average molecular weight is 364 g/mol. The van der Waals surface area contributed by atoms with Crippen LogP contribution in [0.3, 0.4) is 0 Å². The number of phenolic OH excluding ortho intramolecular Hbond substituents is 1. The van der Waals surface area contributed by atoms with Gasteiger partial charge in [0.1, 0.15) is 11.5 Å². The van der Waals surface area contributed by atoms with E-state index in [4.69, 9.17) is 0 Å². The number of phenols is 1. The second-order valence-electron chi connectivity index (χ2n) is 7.51. The molecular weight excluding hydrogens is 339 g/mol. The number of fused-ring (bicyclic) bond motifs is 1. The third kappa shape index (κ3) is 2.99. The summed E-state index contributed by atoms with van der Waals surface area (Å²) in [5.41, 5.74) is 4.42. The topological polar surface area (TPSA) is 40.5 Å². The van der Waals surface area contributed by atoms with Crippen LogP contribution in [0.1, 0.15) is 37.0 Å². The number of aromatic hydroxyl groups is 1. The van der Waals surface area contributed by atoms with Crippen LogP contribution in [-0.2, 0) is 10.8 Å². The summed E-state index contributed by atoms with van der Waals surface area (Å²) in [5, 5.41) is 19.4. The molecule has 2 aromatic rings. The SMILES string of the molecule is C=C(O)/C=C\C(=C/P)C1(c2ccc(O)cc2)CC(C)(C)c2ccccc21. The standard InChI is InChI=1S/C23H25O2P/c1-16(24)8-9-18(14-26)23(17-10-12-19(25)13-11-17)15-22(2,3)20-6-4-5-7-21(20)23/h4-14,24-25H,1,15,26H2,2-3H3/b9-8-,18-14+. The summed E-state index contributed by atoms with van der Waals surface area (Å²) in [5.74, 6) is 2.30. The first-order valence-electron chi connectivity index (χ1n) is 8.69. The molecule has 0 amide bonds. The van der Waals surface area contributed by atoms with Crippen LogP contribution in [0.25, 0.3) is 0 Å². The van der Waals surface area contributed by atoms with E-state index in [2.05, 4.69) is 53.9 Å². The van der Waals surface area contributed by atoms with Crippen molar-refractivity contribution < 1.29 is 10.2 Å². The highest BCUT2D eigenvalue weighted by Gasteiger charge is 2.49. The fraction of sp³-hybridized carbons (Fsp3) is 0.217. The van der Waals surface area contributed by atoms with Gasteiger partial charge in [-0.1, -0.05) is 68.7 Å². The van der Waals surface area contributed by atoms with Gasteiger partial charge in [-0.2, -0.15) is 0 Å². The van der Waals surface area contributed by atoms with Gasteiger partial charge in [0.25, 0.3) is 0 Å². The first-order chi connectivity index (χ1) is 12.3. The Morgan fingerprint density at radius 1 is 1.04 bits per heavy atom. The minimum Gasteiger partial charge on any atom is -0.509 e. The molecule has 0 heterocycles. The normalized spacial score (nSPS) is 21.7. The Morgan fingerprint density at radius 2 is 1.65 bits per heavy atom. The van der Waals surface area contributed by atoms with Crippen molar-refractivity contribution in [3.05, 3.63) is 101 Å². The van der Waals surface area contributed by atoms with Crippen molar-refractivity contribution in [3.8, 4) is 5.75 Å². The lowest BCUT2D eigenvalue weighted by Crippen LogP contribution is -2.29. The Labute approximate surface area is 157 Å². The molecule has 0 spiro atoms. The minimum absolute atomic E-state index is 0.00251. The van der Waals surface area contributed by atoms with Crippen molar-refractivity contribution in [1.82, 2.24) is 0 Å². The highest BCUT2D eigenvalue weighted by atomic mass is 31.0. The van der Waals surface area contributed by atoms with Crippen LogP contribution < -0.4 is 0 Å². The van der Waals surface area contributed by atoms with Gasteiger partial charge in [0.05, 0.1) is 0 Å². The van der Waals surface area contributed by atoms with Gasteiger partial charge in [-0.25, -0.2) is 0 Å². The third-order valence-electron chi connectivity index (χ3n) is 5.31. The number of rotatable bonds is 4. The summed E-state index contributed by atoms with van der Waals surface area (Å²) >= 11 is 0. The van der Waals surface area contributed by atoms with E-state index in [1.807, 2.05) is 24.0 Å². The Balaban J connectivity index is 2.32. The fourth-order valence-corrected chi connectivity index (χ4v) is 4.65. The van der Waals surface area contributed by atoms with Crippen molar-refractivity contribution in [2.75, 3.05) is 0 Å². The van der Waals surface area contributed by atoms with Gasteiger partial charge < -0.3 is 10.2 Å². The zero-order valence-electron chi connectivity index (χ0n) is 15.2. The van der Waals surface area contributed by atoms with Crippen LogP contribution in [0.5, 0.6) is 5.75 Å². The summed E-state index contributed by atoms with van der Waals surface area (Å²) < 4.78 is 0. The van der Waals surface area contributed by atoms with E-state index in [1.165, 1.54) is 11.1 Å². The van der Waals surface area contributed by atoms with Crippen LogP contribution >= 0.6 is 9.24 Å². The molecule has 3 heteroatoms. The summed E-state index contributed by atoms with van der Waals surface area (Å²) in [4.78, 5) is 0. The minimum atomic E-state index is -0.360. The highest BCUT2D eigenvalue weighted by Crippen LogP contribution is 2.57. The molecule has 0 aliphatic heterocycles. The summed E-state index contributed by atoms with van der Waals surface area (Å²) in [6, 6.07) is 16.0. The summed E-state index contributed by atoms with van der Waals surface area (Å²) in [7, 11) is 2.70. The van der Waals surface area contributed by atoms with E-state index in [-0.39, 0.29) is 22.3 Å². The fourth-order valence-electron chi connectivity index (χ4n) is 4.25. The number of allylic oxidation sites excluding steroid dienone is 3. The van der Waals surface area contributed by atoms with Crippen molar-refractivity contribution in [2.45, 2.75) is 31.1 Å². The van der Waals surface area contributed by atoms with Gasteiger partial charge in [-0.15, -0.1) is 9.24 Å². The molecule has 26 heavy (non-hydrogen) atoms. The molecule has 2 N–H and O–H groups in total. The Hall–Kier alpha value is -2.31. The molecule has 0 saturated heterocycles. The van der Waals surface area contributed by atoms with Gasteiger partial charge in [0, 0.05) is 5.41 Å². The first kappa shape index (κ1) is 18.5. The van der Waals surface area contributed by atoms with Crippen LogP contribution in [-0.4, -0.2) is 10.2 Å². The van der Waals surface area contributed by atoms with Crippen molar-refractivity contribution in [1.29, 1.82) is 0 Å². The smallest absolute Gasteiger partial charge is 0.115 e. The second kappa shape index (κ2) is 6.78. The molecule has 2 unspecified atom stereocenters. The first-order valence-corrected chi connectivity index (χ1v) is 9.36. The van der Waals surface area contributed by atoms with E-state index >= 15 is 0 Å². The van der Waals surface area contributed by atoms with Crippen LogP contribution in [0.4, 0.5) is 0 Å². The average Bonchev–Trinajstić information content (AvgIpc) is 2.85. The molecule has 2 nitrogen and oxygen atoms in total. The maximum atomic E-state index is 9.78. The largest absolute Gasteiger partial charge is 0.509 e.